The molecule has 2 aliphatic heterocycles. The van der Waals surface area contributed by atoms with Gasteiger partial charge in [-0.2, -0.15) is 0 Å². The average molecular weight is 212 g/mol. The Hall–Kier alpha value is -1.10. The Morgan fingerprint density at radius 1 is 1.47 bits per heavy atom. The zero-order valence-corrected chi connectivity index (χ0v) is 8.86. The van der Waals surface area contributed by atoms with Crippen LogP contribution in [0.4, 0.5) is 4.79 Å². The molecule has 2 atom stereocenters. The molecular formula is C10H16N2O3. The number of nitrogens with zero attached hydrogens (tertiary/aromatic N) is 1. The van der Waals surface area contributed by atoms with Crippen molar-refractivity contribution in [1.82, 2.24) is 10.4 Å². The molecule has 0 spiro atoms. The van der Waals surface area contributed by atoms with E-state index in [1.807, 2.05) is 5.01 Å². The van der Waals surface area contributed by atoms with E-state index in [0.717, 1.165) is 12.8 Å². The number of Topliss-reactive ketones (excluding diaryl/α,β-unsaturated/α-hetero) is 1. The van der Waals surface area contributed by atoms with E-state index < -0.39 is 6.09 Å². The van der Waals surface area contributed by atoms with E-state index in [-0.39, 0.29) is 12.1 Å². The van der Waals surface area contributed by atoms with Gasteiger partial charge in [-0.1, -0.05) is 0 Å². The molecule has 0 saturated carbocycles. The zero-order chi connectivity index (χ0) is 10.8. The van der Waals surface area contributed by atoms with Gasteiger partial charge in [0.25, 0.3) is 0 Å². The van der Waals surface area contributed by atoms with Gasteiger partial charge in [0.15, 0.2) is 0 Å². The van der Waals surface area contributed by atoms with Gasteiger partial charge in [0.2, 0.25) is 0 Å². The number of carbonyl (C=O) groups excluding carboxylic acids is 2. The molecule has 2 heterocycles. The minimum atomic E-state index is -0.413. The Labute approximate surface area is 88.7 Å². The van der Waals surface area contributed by atoms with Crippen LogP contribution in [-0.4, -0.2) is 35.6 Å². The summed E-state index contributed by atoms with van der Waals surface area (Å²) in [7, 11) is 0. The fraction of sp³-hybridized carbons (Fsp3) is 0.800. The van der Waals surface area contributed by atoms with Gasteiger partial charge in [-0.05, 0) is 19.8 Å². The van der Waals surface area contributed by atoms with Crippen LogP contribution in [0, 0.1) is 0 Å². The fourth-order valence-electron chi connectivity index (χ4n) is 2.42. The fourth-order valence-corrected chi connectivity index (χ4v) is 2.42. The molecule has 5 nitrogen and oxygen atoms in total. The Kier molecular flexibility index (Phi) is 2.90. The van der Waals surface area contributed by atoms with Gasteiger partial charge in [0.1, 0.15) is 5.78 Å². The minimum Gasteiger partial charge on any atom is -0.449 e. The van der Waals surface area contributed by atoms with E-state index in [1.165, 1.54) is 0 Å². The molecular weight excluding hydrogens is 196 g/mol. The Balaban J connectivity index is 1.93. The highest BCUT2D eigenvalue weighted by molar-refractivity contribution is 5.81. The number of piperidine rings is 1. The SMILES string of the molecule is CCOC(=O)NN1C2CCC1CC(=O)C2. The lowest BCUT2D eigenvalue weighted by molar-refractivity contribution is -0.124. The molecule has 2 saturated heterocycles. The summed E-state index contributed by atoms with van der Waals surface area (Å²) in [6, 6.07) is 0.362. The van der Waals surface area contributed by atoms with Crippen LogP contribution in [-0.2, 0) is 9.53 Å². The van der Waals surface area contributed by atoms with Crippen molar-refractivity contribution in [3.8, 4) is 0 Å². The number of hydrogen-bond acceptors (Lipinski definition) is 4. The third-order valence-corrected chi connectivity index (χ3v) is 3.04. The highest BCUT2D eigenvalue weighted by atomic mass is 16.6. The summed E-state index contributed by atoms with van der Waals surface area (Å²) in [5.74, 6) is 0.310. The van der Waals surface area contributed by atoms with Crippen molar-refractivity contribution in [2.24, 2.45) is 0 Å². The normalized spacial score (nSPS) is 30.3. The first kappa shape index (κ1) is 10.4. The molecule has 0 aromatic carbocycles. The molecule has 1 N–H and O–H groups in total. The van der Waals surface area contributed by atoms with E-state index in [2.05, 4.69) is 5.43 Å². The second-order valence-corrected chi connectivity index (χ2v) is 4.07. The zero-order valence-electron chi connectivity index (χ0n) is 8.86. The third kappa shape index (κ3) is 2.12. The monoisotopic (exact) mass is 212 g/mol. The largest absolute Gasteiger partial charge is 0.449 e. The first-order valence-electron chi connectivity index (χ1n) is 5.44. The molecule has 0 radical (unpaired) electrons. The standard InChI is InChI=1S/C10H16N2O3/c1-2-15-10(14)11-12-7-3-4-8(12)6-9(13)5-7/h7-8H,2-6H2,1H3,(H,11,14). The van der Waals surface area contributed by atoms with E-state index in [9.17, 15) is 9.59 Å². The van der Waals surface area contributed by atoms with Gasteiger partial charge in [0, 0.05) is 24.9 Å². The van der Waals surface area contributed by atoms with Gasteiger partial charge in [-0.15, -0.1) is 0 Å². The predicted octanol–water partition coefficient (Wildman–Crippen LogP) is 0.843. The molecule has 15 heavy (non-hydrogen) atoms. The average Bonchev–Trinajstić information content (AvgIpc) is 2.44. The van der Waals surface area contributed by atoms with Gasteiger partial charge in [0.05, 0.1) is 6.61 Å². The van der Waals surface area contributed by atoms with Crippen molar-refractivity contribution in [2.45, 2.75) is 44.7 Å². The van der Waals surface area contributed by atoms with Gasteiger partial charge in [-0.3, -0.25) is 10.2 Å². The predicted molar refractivity (Wildman–Crippen MR) is 53.0 cm³/mol. The summed E-state index contributed by atoms with van der Waals surface area (Å²) in [4.78, 5) is 22.6. The van der Waals surface area contributed by atoms with Crippen molar-refractivity contribution in [2.75, 3.05) is 6.61 Å². The van der Waals surface area contributed by atoms with Crippen LogP contribution in [0.1, 0.15) is 32.6 Å². The number of hydrazine groups is 1. The second-order valence-electron chi connectivity index (χ2n) is 4.07. The lowest BCUT2D eigenvalue weighted by Crippen LogP contribution is -2.53. The van der Waals surface area contributed by atoms with Crippen molar-refractivity contribution in [3.63, 3.8) is 0 Å². The number of amides is 1. The molecule has 0 aromatic heterocycles. The van der Waals surface area contributed by atoms with Crippen LogP contribution in [0.2, 0.25) is 0 Å². The maximum atomic E-state index is 11.3. The van der Waals surface area contributed by atoms with Crippen molar-refractivity contribution in [3.05, 3.63) is 0 Å². The quantitative estimate of drug-likeness (QED) is 0.737. The van der Waals surface area contributed by atoms with Crippen LogP contribution in [0.5, 0.6) is 0 Å². The number of ketones is 1. The number of fused-ring (bicyclic) bond motifs is 2. The van der Waals surface area contributed by atoms with Gasteiger partial charge < -0.3 is 4.74 Å². The summed E-state index contributed by atoms with van der Waals surface area (Å²) < 4.78 is 4.82. The van der Waals surface area contributed by atoms with Crippen LogP contribution in [0.25, 0.3) is 0 Å². The molecule has 2 aliphatic rings. The van der Waals surface area contributed by atoms with Gasteiger partial charge >= 0.3 is 6.09 Å². The number of ether oxygens (including phenoxy) is 1. The summed E-state index contributed by atoms with van der Waals surface area (Å²) in [5.41, 5.74) is 2.72. The maximum absolute atomic E-state index is 11.3. The van der Waals surface area contributed by atoms with E-state index in [0.29, 0.717) is 25.2 Å². The molecule has 2 bridgehead atoms. The molecule has 0 aliphatic carbocycles. The number of rotatable bonds is 2. The smallest absolute Gasteiger partial charge is 0.421 e. The van der Waals surface area contributed by atoms with Crippen LogP contribution < -0.4 is 5.43 Å². The van der Waals surface area contributed by atoms with Crippen LogP contribution in [0.3, 0.4) is 0 Å². The number of nitrogens with one attached hydrogen (secondary N) is 1. The Bertz CT molecular complexity index is 264. The summed E-state index contributed by atoms with van der Waals surface area (Å²) in [6.07, 6.45) is 2.68. The Morgan fingerprint density at radius 3 is 2.60 bits per heavy atom. The summed E-state index contributed by atoms with van der Waals surface area (Å²) in [6.45, 7) is 2.14. The Morgan fingerprint density at radius 2 is 2.07 bits per heavy atom. The molecule has 84 valence electrons. The van der Waals surface area contributed by atoms with Crippen molar-refractivity contribution >= 4 is 11.9 Å². The number of hydrogen-bond donors (Lipinski definition) is 1. The van der Waals surface area contributed by atoms with E-state index in [1.54, 1.807) is 6.92 Å². The molecule has 5 heteroatoms. The first-order valence-corrected chi connectivity index (χ1v) is 5.44. The second kappa shape index (κ2) is 4.18. The van der Waals surface area contributed by atoms with Gasteiger partial charge in [-0.25, -0.2) is 9.80 Å². The summed E-state index contributed by atoms with van der Waals surface area (Å²) >= 11 is 0. The van der Waals surface area contributed by atoms with E-state index in [4.69, 9.17) is 4.74 Å². The molecule has 0 aromatic rings. The van der Waals surface area contributed by atoms with E-state index >= 15 is 0 Å². The molecule has 2 rings (SSSR count). The molecule has 2 fully saturated rings. The topological polar surface area (TPSA) is 58.6 Å². The highest BCUT2D eigenvalue weighted by Gasteiger charge is 2.41. The minimum absolute atomic E-state index is 0.181. The van der Waals surface area contributed by atoms with Crippen LogP contribution >= 0.6 is 0 Å². The number of carbonyl (C=O) groups is 2. The lowest BCUT2D eigenvalue weighted by atomic mass is 10.0. The molecule has 1 amide bonds. The lowest BCUT2D eigenvalue weighted by Gasteiger charge is -2.33. The van der Waals surface area contributed by atoms with Crippen LogP contribution in [0.15, 0.2) is 0 Å². The van der Waals surface area contributed by atoms with Crippen molar-refractivity contribution < 1.29 is 14.3 Å². The van der Waals surface area contributed by atoms with Crippen molar-refractivity contribution in [1.29, 1.82) is 0 Å². The summed E-state index contributed by atoms with van der Waals surface area (Å²) in [5, 5.41) is 1.90. The maximum Gasteiger partial charge on any atom is 0.421 e. The molecule has 2 unspecified atom stereocenters. The first-order chi connectivity index (χ1) is 7.20. The highest BCUT2D eigenvalue weighted by Crippen LogP contribution is 2.32. The third-order valence-electron chi connectivity index (χ3n) is 3.04.